The molecule has 3 heterocycles. The molecule has 0 aliphatic carbocycles. The van der Waals surface area contributed by atoms with Crippen LogP contribution in [0, 0.1) is 10.1 Å². The van der Waals surface area contributed by atoms with Crippen molar-refractivity contribution in [1.29, 1.82) is 0 Å². The Balaban J connectivity index is 1.25. The molecule has 0 spiro atoms. The van der Waals surface area contributed by atoms with Gasteiger partial charge in [-0.2, -0.15) is 0 Å². The maximum atomic E-state index is 12.8. The molecule has 2 aliphatic rings. The van der Waals surface area contributed by atoms with Crippen molar-refractivity contribution in [2.75, 3.05) is 19.6 Å². The Kier molecular flexibility index (Phi) is 7.40. The fourth-order valence-electron chi connectivity index (χ4n) is 5.12. The lowest BCUT2D eigenvalue weighted by Gasteiger charge is -2.23. The van der Waals surface area contributed by atoms with Crippen LogP contribution in [0.15, 0.2) is 24.3 Å². The van der Waals surface area contributed by atoms with Gasteiger partial charge in [-0.25, -0.2) is 4.98 Å². The molecular formula is C25H24Cl3N5O4. The van der Waals surface area contributed by atoms with Gasteiger partial charge in [0.1, 0.15) is 10.8 Å². The van der Waals surface area contributed by atoms with Crippen molar-refractivity contribution in [3.05, 3.63) is 66.4 Å². The second-order valence-electron chi connectivity index (χ2n) is 9.33. The molecule has 5 rings (SSSR count). The molecule has 1 saturated heterocycles. The zero-order valence-corrected chi connectivity index (χ0v) is 22.1. The number of piperidine rings is 1. The van der Waals surface area contributed by atoms with E-state index in [0.29, 0.717) is 22.4 Å². The summed E-state index contributed by atoms with van der Waals surface area (Å²) in [5.74, 6) is 0.381. The highest BCUT2D eigenvalue weighted by Gasteiger charge is 2.37. The van der Waals surface area contributed by atoms with E-state index in [-0.39, 0.29) is 28.4 Å². The van der Waals surface area contributed by atoms with Crippen molar-refractivity contribution >= 4 is 63.3 Å². The summed E-state index contributed by atoms with van der Waals surface area (Å²) in [6.45, 7) is 2.84. The van der Waals surface area contributed by atoms with Crippen LogP contribution in [0.1, 0.15) is 64.6 Å². The molecular weight excluding hydrogens is 541 g/mol. The van der Waals surface area contributed by atoms with Crippen LogP contribution in [0.2, 0.25) is 15.1 Å². The summed E-state index contributed by atoms with van der Waals surface area (Å²) in [4.78, 5) is 42.1. The van der Waals surface area contributed by atoms with Gasteiger partial charge in [-0.05, 0) is 63.4 Å². The topological polar surface area (TPSA) is 110 Å². The maximum Gasteiger partial charge on any atom is 0.288 e. The van der Waals surface area contributed by atoms with Crippen LogP contribution >= 0.6 is 34.8 Å². The highest BCUT2D eigenvalue weighted by molar-refractivity contribution is 6.42. The summed E-state index contributed by atoms with van der Waals surface area (Å²) in [7, 11) is 0. The van der Waals surface area contributed by atoms with E-state index in [1.807, 2.05) is 6.07 Å². The van der Waals surface area contributed by atoms with Crippen LogP contribution in [0.25, 0.3) is 11.0 Å². The molecule has 3 aromatic rings. The minimum atomic E-state index is -0.665. The molecule has 0 saturated carbocycles. The van der Waals surface area contributed by atoms with Crippen molar-refractivity contribution in [2.45, 2.75) is 44.6 Å². The Morgan fingerprint density at radius 2 is 1.57 bits per heavy atom. The third-order valence-electron chi connectivity index (χ3n) is 7.02. The number of nitrogens with zero attached hydrogens (tertiary/aromatic N) is 4. The van der Waals surface area contributed by atoms with E-state index in [4.69, 9.17) is 39.8 Å². The van der Waals surface area contributed by atoms with Gasteiger partial charge in [-0.3, -0.25) is 24.6 Å². The molecule has 1 N–H and O–H groups in total. The average molecular weight is 565 g/mol. The van der Waals surface area contributed by atoms with Gasteiger partial charge in [0, 0.05) is 25.1 Å². The fourth-order valence-corrected chi connectivity index (χ4v) is 5.67. The molecule has 12 heteroatoms. The van der Waals surface area contributed by atoms with Crippen LogP contribution in [0.5, 0.6) is 0 Å². The molecule has 2 aromatic carbocycles. The molecule has 9 nitrogen and oxygen atoms in total. The molecule has 0 atom stereocenters. The quantitative estimate of drug-likeness (QED) is 0.159. The van der Waals surface area contributed by atoms with Gasteiger partial charge in [0.15, 0.2) is 0 Å². The number of imidazole rings is 1. The van der Waals surface area contributed by atoms with Crippen LogP contribution in [-0.2, 0) is 6.54 Å². The summed E-state index contributed by atoms with van der Waals surface area (Å²) in [6.07, 6.45) is 4.19. The molecule has 2 aliphatic heterocycles. The second-order valence-corrected chi connectivity index (χ2v) is 10.6. The summed E-state index contributed by atoms with van der Waals surface area (Å²) >= 11 is 18.5. The highest BCUT2D eigenvalue weighted by atomic mass is 35.5. The summed E-state index contributed by atoms with van der Waals surface area (Å²) in [5.41, 5.74) is 1.51. The number of carbonyl (C=O) groups excluding carboxylic acids is 2. The number of nitrogens with one attached hydrogen (secondary N) is 1. The number of amides is 2. The van der Waals surface area contributed by atoms with E-state index in [1.165, 1.54) is 6.07 Å². The van der Waals surface area contributed by atoms with Crippen LogP contribution in [0.3, 0.4) is 0 Å². The molecule has 37 heavy (non-hydrogen) atoms. The first-order valence-electron chi connectivity index (χ1n) is 12.2. The Morgan fingerprint density at radius 3 is 2.27 bits per heavy atom. The Bertz CT molecular complexity index is 1420. The standard InChI is InChI=1S/C25H24Cl3N5O4/c26-17-12-20-22(13-18(17)27)31(23(30-20)14-4-6-29-7-5-14)8-2-1-3-9-32-24(34)15-10-19(28)21(33(36)37)11-16(15)25(32)35/h10-14,29H,1-9H2. The second kappa shape index (κ2) is 10.6. The third kappa shape index (κ3) is 4.93. The average Bonchev–Trinajstić information content (AvgIpc) is 3.33. The van der Waals surface area contributed by atoms with E-state index in [0.717, 1.165) is 73.1 Å². The Hall–Kier alpha value is -2.72. The van der Waals surface area contributed by atoms with Gasteiger partial charge in [0.05, 0.1) is 37.1 Å². The van der Waals surface area contributed by atoms with E-state index >= 15 is 0 Å². The van der Waals surface area contributed by atoms with Crippen molar-refractivity contribution in [1.82, 2.24) is 19.8 Å². The van der Waals surface area contributed by atoms with Crippen molar-refractivity contribution in [3.63, 3.8) is 0 Å². The molecule has 194 valence electrons. The third-order valence-corrected chi connectivity index (χ3v) is 8.05. The zero-order chi connectivity index (χ0) is 26.3. The minimum Gasteiger partial charge on any atom is -0.328 e. The number of carbonyl (C=O) groups is 2. The van der Waals surface area contributed by atoms with Gasteiger partial charge < -0.3 is 9.88 Å². The highest BCUT2D eigenvalue weighted by Crippen LogP contribution is 2.34. The van der Waals surface area contributed by atoms with E-state index in [2.05, 4.69) is 9.88 Å². The van der Waals surface area contributed by atoms with Gasteiger partial charge >= 0.3 is 0 Å². The zero-order valence-electron chi connectivity index (χ0n) is 19.8. The number of nitro benzene ring substituents is 1. The number of aromatic nitrogens is 2. The number of nitro groups is 1. The molecule has 0 unspecified atom stereocenters. The number of imide groups is 1. The molecule has 2 amide bonds. The smallest absolute Gasteiger partial charge is 0.288 e. The molecule has 0 radical (unpaired) electrons. The lowest BCUT2D eigenvalue weighted by atomic mass is 9.97. The lowest BCUT2D eigenvalue weighted by molar-refractivity contribution is -0.384. The lowest BCUT2D eigenvalue weighted by Crippen LogP contribution is -2.30. The van der Waals surface area contributed by atoms with Crippen LogP contribution in [0.4, 0.5) is 5.69 Å². The molecule has 0 bridgehead atoms. The monoisotopic (exact) mass is 563 g/mol. The van der Waals surface area contributed by atoms with Crippen molar-refractivity contribution < 1.29 is 14.5 Å². The maximum absolute atomic E-state index is 12.8. The van der Waals surface area contributed by atoms with Crippen LogP contribution < -0.4 is 5.32 Å². The Morgan fingerprint density at radius 1 is 0.919 bits per heavy atom. The molecule has 1 aromatic heterocycles. The van der Waals surface area contributed by atoms with Crippen molar-refractivity contribution in [3.8, 4) is 0 Å². The first kappa shape index (κ1) is 25.9. The van der Waals surface area contributed by atoms with Gasteiger partial charge in [0.25, 0.3) is 17.5 Å². The minimum absolute atomic E-state index is 0.0214. The predicted molar refractivity (Wildman–Crippen MR) is 142 cm³/mol. The first-order valence-corrected chi connectivity index (χ1v) is 13.3. The SMILES string of the molecule is O=C1c2cc(Cl)c([N+](=O)[O-])cc2C(=O)N1CCCCCn1c(C2CCNCC2)nc2cc(Cl)c(Cl)cc21. The summed E-state index contributed by atoms with van der Waals surface area (Å²) in [6, 6.07) is 5.96. The number of halogens is 3. The van der Waals surface area contributed by atoms with E-state index in [1.54, 1.807) is 6.07 Å². The van der Waals surface area contributed by atoms with Crippen LogP contribution in [-0.4, -0.2) is 50.8 Å². The van der Waals surface area contributed by atoms with E-state index < -0.39 is 16.7 Å². The predicted octanol–water partition coefficient (Wildman–Crippen LogP) is 5.84. The largest absolute Gasteiger partial charge is 0.328 e. The number of hydrogen-bond donors (Lipinski definition) is 1. The number of aryl methyl sites for hydroxylation is 1. The van der Waals surface area contributed by atoms with Crippen molar-refractivity contribution in [2.24, 2.45) is 0 Å². The van der Waals surface area contributed by atoms with Gasteiger partial charge in [-0.1, -0.05) is 34.8 Å². The first-order chi connectivity index (χ1) is 17.8. The number of unbranched alkanes of at least 4 members (excludes halogenated alkanes) is 2. The normalized spacial score (nSPS) is 16.1. The van der Waals surface area contributed by atoms with Gasteiger partial charge in [0.2, 0.25) is 0 Å². The number of benzene rings is 2. The Labute approximate surface area is 227 Å². The fraction of sp³-hybridized carbons (Fsp3) is 0.400. The summed E-state index contributed by atoms with van der Waals surface area (Å²) < 4.78 is 2.22. The van der Waals surface area contributed by atoms with E-state index in [9.17, 15) is 19.7 Å². The summed E-state index contributed by atoms with van der Waals surface area (Å²) in [5, 5.41) is 15.3. The number of hydrogen-bond acceptors (Lipinski definition) is 6. The molecule has 1 fully saturated rings. The van der Waals surface area contributed by atoms with Gasteiger partial charge in [-0.15, -0.1) is 0 Å². The number of fused-ring (bicyclic) bond motifs is 2. The number of rotatable bonds is 8.